The van der Waals surface area contributed by atoms with E-state index in [0.29, 0.717) is 0 Å². The van der Waals surface area contributed by atoms with Crippen molar-refractivity contribution in [1.82, 2.24) is 0 Å². The number of benzene rings is 3. The lowest BCUT2D eigenvalue weighted by Crippen LogP contribution is -2.06. The summed E-state index contributed by atoms with van der Waals surface area (Å²) in [5, 5.41) is 0. The molecule has 0 heterocycles. The topological polar surface area (TPSA) is 26.0 Å². The monoisotopic (exact) mass is 285 g/mol. The molecule has 0 spiro atoms. The van der Waals surface area contributed by atoms with Gasteiger partial charge in [0.15, 0.2) is 0 Å². The molecule has 0 aliphatic carbocycles. The van der Waals surface area contributed by atoms with Crippen LogP contribution in [0.3, 0.4) is 0 Å². The number of hydrogen-bond acceptors (Lipinski definition) is 1. The average molecular weight is 285 g/mol. The third kappa shape index (κ3) is 3.51. The molecule has 1 unspecified atom stereocenters. The minimum Gasteiger partial charge on any atom is -0.321 e. The Hall–Kier alpha value is -2.64. The Bertz CT molecular complexity index is 728. The second-order valence-electron chi connectivity index (χ2n) is 5.28. The molecule has 0 saturated heterocycles. The first-order valence-electron chi connectivity index (χ1n) is 7.47. The van der Waals surface area contributed by atoms with Gasteiger partial charge in [0.25, 0.3) is 0 Å². The van der Waals surface area contributed by atoms with Crippen LogP contribution in [0, 0.1) is 0 Å². The van der Waals surface area contributed by atoms with Crippen molar-refractivity contribution in [2.75, 3.05) is 0 Å². The Kier molecular flexibility index (Phi) is 4.47. The lowest BCUT2D eigenvalue weighted by atomic mass is 10.0. The highest BCUT2D eigenvalue weighted by atomic mass is 14.6. The van der Waals surface area contributed by atoms with Crippen molar-refractivity contribution < 1.29 is 0 Å². The van der Waals surface area contributed by atoms with Crippen molar-refractivity contribution in [2.24, 2.45) is 5.73 Å². The van der Waals surface area contributed by atoms with Crippen molar-refractivity contribution >= 4 is 6.08 Å². The molecule has 0 amide bonds. The highest BCUT2D eigenvalue weighted by Gasteiger charge is 2.02. The quantitative estimate of drug-likeness (QED) is 0.712. The molecule has 22 heavy (non-hydrogen) atoms. The van der Waals surface area contributed by atoms with Gasteiger partial charge in [-0.15, -0.1) is 0 Å². The third-order valence-corrected chi connectivity index (χ3v) is 3.70. The molecule has 0 saturated carbocycles. The fourth-order valence-electron chi connectivity index (χ4n) is 2.42. The Morgan fingerprint density at radius 2 is 1.18 bits per heavy atom. The van der Waals surface area contributed by atoms with Gasteiger partial charge in [-0.05, 0) is 22.3 Å². The average Bonchev–Trinajstić information content (AvgIpc) is 2.61. The van der Waals surface area contributed by atoms with E-state index >= 15 is 0 Å². The summed E-state index contributed by atoms with van der Waals surface area (Å²) >= 11 is 0. The molecule has 1 atom stereocenters. The lowest BCUT2D eigenvalue weighted by Gasteiger charge is -2.09. The van der Waals surface area contributed by atoms with Gasteiger partial charge < -0.3 is 5.73 Å². The number of hydrogen-bond donors (Lipinski definition) is 1. The summed E-state index contributed by atoms with van der Waals surface area (Å²) in [7, 11) is 0. The predicted molar refractivity (Wildman–Crippen MR) is 94.3 cm³/mol. The van der Waals surface area contributed by atoms with Gasteiger partial charge in [-0.25, -0.2) is 0 Å². The fraction of sp³-hybridized carbons (Fsp3) is 0.0476. The zero-order valence-electron chi connectivity index (χ0n) is 12.4. The molecular weight excluding hydrogens is 266 g/mol. The van der Waals surface area contributed by atoms with Gasteiger partial charge in [-0.2, -0.15) is 0 Å². The number of rotatable bonds is 4. The Balaban J connectivity index is 1.74. The first kappa shape index (κ1) is 14.3. The maximum absolute atomic E-state index is 6.24. The summed E-state index contributed by atoms with van der Waals surface area (Å²) in [6, 6.07) is 28.9. The summed E-state index contributed by atoms with van der Waals surface area (Å²) in [5.41, 5.74) is 11.0. The summed E-state index contributed by atoms with van der Waals surface area (Å²) in [6.07, 6.45) is 4.10. The predicted octanol–water partition coefficient (Wildman–Crippen LogP) is 5.07. The highest BCUT2D eigenvalue weighted by Crippen LogP contribution is 2.21. The van der Waals surface area contributed by atoms with Gasteiger partial charge in [0.1, 0.15) is 0 Å². The van der Waals surface area contributed by atoms with Gasteiger partial charge in [-0.3, -0.25) is 0 Å². The van der Waals surface area contributed by atoms with Crippen LogP contribution in [0.25, 0.3) is 17.2 Å². The minimum atomic E-state index is -0.0926. The highest BCUT2D eigenvalue weighted by molar-refractivity contribution is 5.63. The smallest absolute Gasteiger partial charge is 0.0484 e. The molecule has 1 nitrogen and oxygen atoms in total. The second-order valence-corrected chi connectivity index (χ2v) is 5.28. The summed E-state index contributed by atoms with van der Waals surface area (Å²) < 4.78 is 0. The van der Waals surface area contributed by atoms with E-state index in [4.69, 9.17) is 5.73 Å². The van der Waals surface area contributed by atoms with Crippen LogP contribution in [-0.2, 0) is 0 Å². The molecule has 0 aliphatic rings. The Labute approximate surface area is 131 Å². The van der Waals surface area contributed by atoms with Crippen LogP contribution in [0.4, 0.5) is 0 Å². The normalized spacial score (nSPS) is 12.4. The van der Waals surface area contributed by atoms with Crippen LogP contribution in [0.5, 0.6) is 0 Å². The zero-order chi connectivity index (χ0) is 15.2. The van der Waals surface area contributed by atoms with Crippen LogP contribution in [-0.4, -0.2) is 0 Å². The van der Waals surface area contributed by atoms with E-state index in [2.05, 4.69) is 66.7 Å². The van der Waals surface area contributed by atoms with E-state index in [1.807, 2.05) is 30.3 Å². The molecular formula is C21H19N. The first-order chi connectivity index (χ1) is 10.8. The summed E-state index contributed by atoms with van der Waals surface area (Å²) in [4.78, 5) is 0. The van der Waals surface area contributed by atoms with Crippen molar-refractivity contribution in [3.63, 3.8) is 0 Å². The van der Waals surface area contributed by atoms with Gasteiger partial charge in [0.2, 0.25) is 0 Å². The van der Waals surface area contributed by atoms with Crippen molar-refractivity contribution in [3.05, 3.63) is 102 Å². The Morgan fingerprint density at radius 3 is 1.82 bits per heavy atom. The van der Waals surface area contributed by atoms with Crippen LogP contribution >= 0.6 is 0 Å². The summed E-state index contributed by atoms with van der Waals surface area (Å²) in [6.45, 7) is 0. The SMILES string of the molecule is NC(/C=C/c1ccccc1)c1ccc(-c2ccccc2)cc1. The zero-order valence-corrected chi connectivity index (χ0v) is 12.4. The van der Waals surface area contributed by atoms with Crippen LogP contribution in [0.15, 0.2) is 91.0 Å². The number of nitrogens with two attached hydrogens (primary N) is 1. The lowest BCUT2D eigenvalue weighted by molar-refractivity contribution is 0.916. The maximum Gasteiger partial charge on any atom is 0.0484 e. The van der Waals surface area contributed by atoms with E-state index in [9.17, 15) is 0 Å². The Morgan fingerprint density at radius 1 is 0.636 bits per heavy atom. The van der Waals surface area contributed by atoms with Gasteiger partial charge >= 0.3 is 0 Å². The van der Waals surface area contributed by atoms with Crippen LogP contribution in [0.2, 0.25) is 0 Å². The van der Waals surface area contributed by atoms with E-state index in [1.165, 1.54) is 16.7 Å². The molecule has 0 fully saturated rings. The molecule has 3 aromatic rings. The molecule has 0 aliphatic heterocycles. The first-order valence-corrected chi connectivity index (χ1v) is 7.47. The molecule has 0 radical (unpaired) electrons. The van der Waals surface area contributed by atoms with Crippen LogP contribution in [0.1, 0.15) is 17.2 Å². The molecule has 108 valence electrons. The van der Waals surface area contributed by atoms with Crippen LogP contribution < -0.4 is 5.73 Å². The molecule has 2 N–H and O–H groups in total. The standard InChI is InChI=1S/C21H19N/c22-21(16-11-17-7-3-1-4-8-17)20-14-12-19(13-15-20)18-9-5-2-6-10-18/h1-16,21H,22H2/b16-11+. The van der Waals surface area contributed by atoms with E-state index < -0.39 is 0 Å². The van der Waals surface area contributed by atoms with Crippen molar-refractivity contribution in [1.29, 1.82) is 0 Å². The minimum absolute atomic E-state index is 0.0926. The second kappa shape index (κ2) is 6.88. The molecule has 0 aromatic heterocycles. The van der Waals surface area contributed by atoms with Crippen molar-refractivity contribution in [3.8, 4) is 11.1 Å². The van der Waals surface area contributed by atoms with E-state index in [1.54, 1.807) is 0 Å². The van der Waals surface area contributed by atoms with Gasteiger partial charge in [-0.1, -0.05) is 97.1 Å². The molecule has 3 rings (SSSR count). The fourth-order valence-corrected chi connectivity index (χ4v) is 2.42. The van der Waals surface area contributed by atoms with Gasteiger partial charge in [0, 0.05) is 6.04 Å². The van der Waals surface area contributed by atoms with E-state index in [0.717, 1.165) is 5.56 Å². The largest absolute Gasteiger partial charge is 0.321 e. The van der Waals surface area contributed by atoms with E-state index in [-0.39, 0.29) is 6.04 Å². The third-order valence-electron chi connectivity index (χ3n) is 3.70. The maximum atomic E-state index is 6.24. The molecule has 0 bridgehead atoms. The summed E-state index contributed by atoms with van der Waals surface area (Å²) in [5.74, 6) is 0. The van der Waals surface area contributed by atoms with Gasteiger partial charge in [0.05, 0.1) is 0 Å². The molecule has 1 heteroatoms. The molecule has 3 aromatic carbocycles. The van der Waals surface area contributed by atoms with Crippen molar-refractivity contribution in [2.45, 2.75) is 6.04 Å².